The molecule has 0 bridgehead atoms. The summed E-state index contributed by atoms with van der Waals surface area (Å²) in [6, 6.07) is 6.88. The molecule has 1 aromatic carbocycles. The van der Waals surface area contributed by atoms with Crippen molar-refractivity contribution >= 4 is 5.97 Å². The number of esters is 1. The highest BCUT2D eigenvalue weighted by molar-refractivity contribution is 5.89. The summed E-state index contributed by atoms with van der Waals surface area (Å²) >= 11 is 0. The summed E-state index contributed by atoms with van der Waals surface area (Å²) in [5, 5.41) is 9.63. The van der Waals surface area contributed by atoms with Crippen LogP contribution in [0.2, 0.25) is 0 Å². The summed E-state index contributed by atoms with van der Waals surface area (Å²) in [7, 11) is 0. The summed E-state index contributed by atoms with van der Waals surface area (Å²) in [5.74, 6) is -0.338. The van der Waals surface area contributed by atoms with E-state index in [0.29, 0.717) is 12.0 Å². The Labute approximate surface area is 102 Å². The van der Waals surface area contributed by atoms with Gasteiger partial charge >= 0.3 is 5.97 Å². The van der Waals surface area contributed by atoms with Crippen molar-refractivity contribution in [2.24, 2.45) is 0 Å². The third kappa shape index (κ3) is 4.19. The largest absolute Gasteiger partial charge is 0.456 e. The molecule has 0 fully saturated rings. The molecule has 17 heavy (non-hydrogen) atoms. The van der Waals surface area contributed by atoms with Crippen LogP contribution in [0.1, 0.15) is 56.1 Å². The molecule has 0 saturated carbocycles. The number of carbonyl (C=O) groups excluding carboxylic acids is 1. The molecule has 0 saturated heterocycles. The van der Waals surface area contributed by atoms with Crippen LogP contribution in [-0.4, -0.2) is 16.7 Å². The van der Waals surface area contributed by atoms with Gasteiger partial charge in [-0.25, -0.2) is 4.79 Å². The number of hydrogen-bond donors (Lipinski definition) is 1. The Balaban J connectivity index is 2.77. The van der Waals surface area contributed by atoms with E-state index in [-0.39, 0.29) is 5.97 Å². The van der Waals surface area contributed by atoms with Crippen LogP contribution in [0, 0.1) is 0 Å². The van der Waals surface area contributed by atoms with Crippen LogP contribution in [0.25, 0.3) is 0 Å². The second-order valence-corrected chi connectivity index (χ2v) is 5.05. The fourth-order valence-electron chi connectivity index (χ4n) is 1.41. The Morgan fingerprint density at radius 1 is 1.29 bits per heavy atom. The maximum atomic E-state index is 11.7. The predicted octanol–water partition coefficient (Wildman–Crippen LogP) is 3.09. The van der Waals surface area contributed by atoms with E-state index >= 15 is 0 Å². The fourth-order valence-corrected chi connectivity index (χ4v) is 1.41. The first-order valence-electron chi connectivity index (χ1n) is 5.85. The van der Waals surface area contributed by atoms with Crippen molar-refractivity contribution < 1.29 is 14.6 Å². The smallest absolute Gasteiger partial charge is 0.338 e. The lowest BCUT2D eigenvalue weighted by atomic mass is 10.1. The molecular weight excluding hydrogens is 216 g/mol. The van der Waals surface area contributed by atoms with Crippen LogP contribution in [0.3, 0.4) is 0 Å². The molecule has 0 amide bonds. The predicted molar refractivity (Wildman–Crippen MR) is 66.9 cm³/mol. The van der Waals surface area contributed by atoms with Crippen LogP contribution in [0.5, 0.6) is 0 Å². The summed E-state index contributed by atoms with van der Waals surface area (Å²) in [4.78, 5) is 11.7. The van der Waals surface area contributed by atoms with E-state index in [1.807, 2.05) is 27.7 Å². The van der Waals surface area contributed by atoms with Crippen LogP contribution in [0.15, 0.2) is 24.3 Å². The maximum absolute atomic E-state index is 11.7. The molecule has 1 N–H and O–H groups in total. The molecule has 0 aliphatic heterocycles. The minimum atomic E-state index is -0.487. The van der Waals surface area contributed by atoms with Gasteiger partial charge in [-0.05, 0) is 44.9 Å². The zero-order chi connectivity index (χ0) is 13.1. The molecular formula is C14H20O3. The standard InChI is InChI=1S/C14H20O3/c1-5-12(15)10-6-8-11(9-7-10)13(16)17-14(2,3)4/h6-9,12,15H,5H2,1-4H3/t12-/m0/s1. The molecule has 1 rings (SSSR count). The monoisotopic (exact) mass is 236 g/mol. The lowest BCUT2D eigenvalue weighted by Crippen LogP contribution is -2.23. The van der Waals surface area contributed by atoms with Gasteiger partial charge < -0.3 is 9.84 Å². The normalized spacial score (nSPS) is 13.2. The number of hydrogen-bond acceptors (Lipinski definition) is 3. The van der Waals surface area contributed by atoms with Crippen molar-refractivity contribution in [1.29, 1.82) is 0 Å². The first-order valence-corrected chi connectivity index (χ1v) is 5.85. The highest BCUT2D eigenvalue weighted by atomic mass is 16.6. The fraction of sp³-hybridized carbons (Fsp3) is 0.500. The van der Waals surface area contributed by atoms with Crippen molar-refractivity contribution in [3.05, 3.63) is 35.4 Å². The first-order chi connectivity index (χ1) is 7.83. The van der Waals surface area contributed by atoms with E-state index in [9.17, 15) is 9.90 Å². The summed E-state index contributed by atoms with van der Waals surface area (Å²) in [5.41, 5.74) is 0.838. The molecule has 3 heteroatoms. The number of ether oxygens (including phenoxy) is 1. The molecule has 0 aliphatic carbocycles. The molecule has 1 aromatic rings. The second kappa shape index (κ2) is 5.32. The summed E-state index contributed by atoms with van der Waals surface area (Å²) < 4.78 is 5.25. The van der Waals surface area contributed by atoms with E-state index in [1.54, 1.807) is 24.3 Å². The van der Waals surface area contributed by atoms with Gasteiger partial charge in [0.2, 0.25) is 0 Å². The van der Waals surface area contributed by atoms with E-state index in [4.69, 9.17) is 4.74 Å². The Morgan fingerprint density at radius 3 is 2.24 bits per heavy atom. The molecule has 0 spiro atoms. The Bertz CT molecular complexity index is 373. The van der Waals surface area contributed by atoms with Crippen molar-refractivity contribution in [2.45, 2.75) is 45.8 Å². The van der Waals surface area contributed by atoms with Gasteiger partial charge in [-0.15, -0.1) is 0 Å². The molecule has 1 atom stereocenters. The van der Waals surface area contributed by atoms with Crippen LogP contribution < -0.4 is 0 Å². The lowest BCUT2D eigenvalue weighted by molar-refractivity contribution is 0.00694. The third-order valence-corrected chi connectivity index (χ3v) is 2.32. The molecule has 0 heterocycles. The average molecular weight is 236 g/mol. The van der Waals surface area contributed by atoms with Crippen molar-refractivity contribution in [2.75, 3.05) is 0 Å². The van der Waals surface area contributed by atoms with Gasteiger partial charge in [-0.1, -0.05) is 19.1 Å². The first kappa shape index (κ1) is 13.7. The number of benzene rings is 1. The summed E-state index contributed by atoms with van der Waals surface area (Å²) in [6.45, 7) is 7.41. The van der Waals surface area contributed by atoms with Crippen molar-refractivity contribution in [3.8, 4) is 0 Å². The number of carbonyl (C=O) groups is 1. The van der Waals surface area contributed by atoms with E-state index < -0.39 is 11.7 Å². The van der Waals surface area contributed by atoms with Crippen molar-refractivity contribution in [1.82, 2.24) is 0 Å². The van der Waals surface area contributed by atoms with Crippen LogP contribution in [0.4, 0.5) is 0 Å². The van der Waals surface area contributed by atoms with Crippen LogP contribution in [-0.2, 0) is 4.74 Å². The second-order valence-electron chi connectivity index (χ2n) is 5.05. The highest BCUT2D eigenvalue weighted by Gasteiger charge is 2.17. The van der Waals surface area contributed by atoms with Gasteiger partial charge in [-0.2, -0.15) is 0 Å². The molecule has 0 aliphatic rings. The van der Waals surface area contributed by atoms with Gasteiger partial charge in [0.25, 0.3) is 0 Å². The molecule has 94 valence electrons. The zero-order valence-corrected chi connectivity index (χ0v) is 10.9. The van der Waals surface area contributed by atoms with Crippen LogP contribution >= 0.6 is 0 Å². The average Bonchev–Trinajstić information content (AvgIpc) is 2.26. The molecule has 0 radical (unpaired) electrons. The Hall–Kier alpha value is -1.35. The summed E-state index contributed by atoms with van der Waals surface area (Å²) in [6.07, 6.45) is 0.189. The molecule has 3 nitrogen and oxygen atoms in total. The minimum Gasteiger partial charge on any atom is -0.456 e. The topological polar surface area (TPSA) is 46.5 Å². The van der Waals surface area contributed by atoms with E-state index in [1.165, 1.54) is 0 Å². The SMILES string of the molecule is CC[C@H](O)c1ccc(C(=O)OC(C)(C)C)cc1. The van der Waals surface area contributed by atoms with Gasteiger partial charge in [0.15, 0.2) is 0 Å². The number of aliphatic hydroxyl groups is 1. The minimum absolute atomic E-state index is 0.338. The lowest BCUT2D eigenvalue weighted by Gasteiger charge is -2.19. The van der Waals surface area contributed by atoms with Gasteiger partial charge in [0.05, 0.1) is 11.7 Å². The van der Waals surface area contributed by atoms with Gasteiger partial charge in [0, 0.05) is 0 Å². The van der Waals surface area contributed by atoms with Gasteiger partial charge in [-0.3, -0.25) is 0 Å². The van der Waals surface area contributed by atoms with E-state index in [0.717, 1.165) is 5.56 Å². The highest BCUT2D eigenvalue weighted by Crippen LogP contribution is 2.18. The van der Waals surface area contributed by atoms with Crippen molar-refractivity contribution in [3.63, 3.8) is 0 Å². The molecule has 0 unspecified atom stereocenters. The van der Waals surface area contributed by atoms with Gasteiger partial charge in [0.1, 0.15) is 5.60 Å². The number of rotatable bonds is 3. The third-order valence-electron chi connectivity index (χ3n) is 2.32. The quantitative estimate of drug-likeness (QED) is 0.820. The maximum Gasteiger partial charge on any atom is 0.338 e. The Kier molecular flexibility index (Phi) is 4.29. The zero-order valence-electron chi connectivity index (χ0n) is 10.9. The number of aliphatic hydroxyl groups excluding tert-OH is 1. The molecule has 0 aromatic heterocycles. The Morgan fingerprint density at radius 2 is 1.82 bits per heavy atom. The van der Waals surface area contributed by atoms with E-state index in [2.05, 4.69) is 0 Å².